The first-order valence-electron chi connectivity index (χ1n) is 2.58. The molecule has 6 heteroatoms. The first-order valence-corrected chi connectivity index (χ1v) is 2.58. The van der Waals surface area contributed by atoms with E-state index < -0.39 is 17.6 Å². The summed E-state index contributed by atoms with van der Waals surface area (Å²) in [5.41, 5.74) is -2.06. The monoisotopic (exact) mass is 158 g/mol. The lowest BCUT2D eigenvalue weighted by atomic mass is 10.1. The fourth-order valence-electron chi connectivity index (χ4n) is 0.343. The third-order valence-electron chi connectivity index (χ3n) is 1.01. The minimum absolute atomic E-state index is 0.962. The molecule has 0 aliphatic carbocycles. The molecule has 0 heterocycles. The van der Waals surface area contributed by atoms with Crippen molar-refractivity contribution in [1.29, 1.82) is 5.26 Å². The van der Waals surface area contributed by atoms with Crippen molar-refractivity contribution in [3.63, 3.8) is 0 Å². The predicted molar refractivity (Wildman–Crippen MR) is 32.8 cm³/mol. The molecule has 60 valence electrons. The Morgan fingerprint density at radius 1 is 1.55 bits per heavy atom. The molecule has 6 nitrogen and oxygen atoms in total. The second kappa shape index (κ2) is 2.88. The van der Waals surface area contributed by atoms with Crippen LogP contribution in [0.4, 0.5) is 4.79 Å². The molecular formula is C5H6N2O4. The van der Waals surface area contributed by atoms with Crippen LogP contribution < -0.4 is 5.32 Å². The van der Waals surface area contributed by atoms with Gasteiger partial charge in [-0.15, -0.1) is 0 Å². The van der Waals surface area contributed by atoms with E-state index in [1.165, 1.54) is 6.07 Å². The van der Waals surface area contributed by atoms with Crippen LogP contribution in [0.2, 0.25) is 0 Å². The Bertz CT molecular complexity index is 231. The molecule has 0 bridgehead atoms. The summed E-state index contributed by atoms with van der Waals surface area (Å²) in [4.78, 5) is 20.2. The highest BCUT2D eigenvalue weighted by Gasteiger charge is 2.34. The van der Waals surface area contributed by atoms with Crippen LogP contribution >= 0.6 is 0 Å². The van der Waals surface area contributed by atoms with Gasteiger partial charge in [-0.3, -0.25) is 5.32 Å². The van der Waals surface area contributed by atoms with Crippen LogP contribution in [0.25, 0.3) is 0 Å². The standard InChI is InChI=1S/C5H6N2O4/c1-5(2-6,3(8)9)7-4(10)11/h7H,1H3,(H,8,9)(H,10,11). The van der Waals surface area contributed by atoms with Gasteiger partial charge in [0, 0.05) is 0 Å². The van der Waals surface area contributed by atoms with Crippen LogP contribution in [0.3, 0.4) is 0 Å². The molecule has 0 aliphatic rings. The Hall–Kier alpha value is -1.77. The summed E-state index contributed by atoms with van der Waals surface area (Å²) < 4.78 is 0. The summed E-state index contributed by atoms with van der Waals surface area (Å²) in [6, 6.07) is 1.32. The number of nitriles is 1. The van der Waals surface area contributed by atoms with Gasteiger partial charge in [0.2, 0.25) is 5.54 Å². The van der Waals surface area contributed by atoms with E-state index in [1.54, 1.807) is 5.32 Å². The van der Waals surface area contributed by atoms with Crippen molar-refractivity contribution in [3.05, 3.63) is 0 Å². The number of rotatable bonds is 2. The second-order valence-electron chi connectivity index (χ2n) is 1.97. The van der Waals surface area contributed by atoms with Crippen molar-refractivity contribution < 1.29 is 19.8 Å². The zero-order valence-electron chi connectivity index (χ0n) is 5.66. The highest BCUT2D eigenvalue weighted by Crippen LogP contribution is 2.00. The number of carbonyl (C=O) groups is 2. The number of nitrogens with one attached hydrogen (secondary N) is 1. The molecule has 0 spiro atoms. The molecule has 0 aromatic rings. The Morgan fingerprint density at radius 2 is 2.00 bits per heavy atom. The molecule has 1 atom stereocenters. The van der Waals surface area contributed by atoms with Gasteiger partial charge in [0.1, 0.15) is 6.07 Å². The van der Waals surface area contributed by atoms with Crippen LogP contribution in [-0.4, -0.2) is 27.8 Å². The average Bonchev–Trinajstić information content (AvgIpc) is 1.86. The van der Waals surface area contributed by atoms with Crippen molar-refractivity contribution in [2.24, 2.45) is 0 Å². The number of carboxylic acids is 1. The van der Waals surface area contributed by atoms with E-state index in [2.05, 4.69) is 0 Å². The van der Waals surface area contributed by atoms with Gasteiger partial charge in [0.05, 0.1) is 0 Å². The van der Waals surface area contributed by atoms with Gasteiger partial charge >= 0.3 is 12.1 Å². The normalized spacial score (nSPS) is 14.2. The van der Waals surface area contributed by atoms with Crippen LogP contribution in [0.15, 0.2) is 0 Å². The maximum absolute atomic E-state index is 10.2. The van der Waals surface area contributed by atoms with E-state index in [0.717, 1.165) is 6.92 Å². The fraction of sp³-hybridized carbons (Fsp3) is 0.400. The van der Waals surface area contributed by atoms with Crippen molar-refractivity contribution in [3.8, 4) is 6.07 Å². The number of hydrogen-bond donors (Lipinski definition) is 3. The van der Waals surface area contributed by atoms with E-state index in [9.17, 15) is 9.59 Å². The number of nitrogens with zero attached hydrogens (tertiary/aromatic N) is 1. The molecule has 0 saturated heterocycles. The third kappa shape index (κ3) is 2.14. The average molecular weight is 158 g/mol. The number of hydrogen-bond acceptors (Lipinski definition) is 3. The molecule has 1 unspecified atom stereocenters. The van der Waals surface area contributed by atoms with Crippen LogP contribution in [0.5, 0.6) is 0 Å². The number of carboxylic acid groups (broad SMARTS) is 2. The van der Waals surface area contributed by atoms with E-state index in [4.69, 9.17) is 15.5 Å². The summed E-state index contributed by atoms with van der Waals surface area (Å²) >= 11 is 0. The molecule has 0 aliphatic heterocycles. The largest absolute Gasteiger partial charge is 0.479 e. The highest BCUT2D eigenvalue weighted by atomic mass is 16.4. The Labute approximate surface area is 62.1 Å². The van der Waals surface area contributed by atoms with Crippen molar-refractivity contribution >= 4 is 12.1 Å². The maximum atomic E-state index is 10.2. The Balaban J connectivity index is 4.51. The van der Waals surface area contributed by atoms with E-state index >= 15 is 0 Å². The second-order valence-corrected chi connectivity index (χ2v) is 1.97. The van der Waals surface area contributed by atoms with Crippen LogP contribution in [0.1, 0.15) is 6.92 Å². The molecule has 0 fully saturated rings. The van der Waals surface area contributed by atoms with Gasteiger partial charge in [-0.1, -0.05) is 0 Å². The van der Waals surface area contributed by atoms with Gasteiger partial charge in [0.25, 0.3) is 0 Å². The maximum Gasteiger partial charge on any atom is 0.406 e. The van der Waals surface area contributed by atoms with Crippen molar-refractivity contribution in [1.82, 2.24) is 5.32 Å². The lowest BCUT2D eigenvalue weighted by molar-refractivity contribution is -0.141. The van der Waals surface area contributed by atoms with Crippen molar-refractivity contribution in [2.45, 2.75) is 12.5 Å². The quantitative estimate of drug-likeness (QED) is 0.507. The highest BCUT2D eigenvalue weighted by molar-refractivity contribution is 5.86. The number of aliphatic carboxylic acids is 1. The summed E-state index contributed by atoms with van der Waals surface area (Å²) in [5.74, 6) is -1.53. The number of amides is 1. The molecule has 3 N–H and O–H groups in total. The SMILES string of the molecule is CC(C#N)(NC(=O)O)C(=O)O. The minimum Gasteiger partial charge on any atom is -0.479 e. The lowest BCUT2D eigenvalue weighted by Crippen LogP contribution is -2.50. The van der Waals surface area contributed by atoms with Gasteiger partial charge < -0.3 is 10.2 Å². The third-order valence-corrected chi connectivity index (χ3v) is 1.01. The van der Waals surface area contributed by atoms with E-state index in [1.807, 2.05) is 0 Å². The molecule has 1 amide bonds. The molecule has 0 aromatic heterocycles. The van der Waals surface area contributed by atoms with Gasteiger partial charge in [-0.05, 0) is 6.92 Å². The summed E-state index contributed by atoms with van der Waals surface area (Å²) in [7, 11) is 0. The molecule has 0 saturated carbocycles. The van der Waals surface area contributed by atoms with Gasteiger partial charge in [0.15, 0.2) is 0 Å². The zero-order valence-corrected chi connectivity index (χ0v) is 5.66. The molecule has 0 rings (SSSR count). The minimum atomic E-state index is -2.06. The van der Waals surface area contributed by atoms with Crippen LogP contribution in [0, 0.1) is 11.3 Å². The van der Waals surface area contributed by atoms with Gasteiger partial charge in [-0.25, -0.2) is 9.59 Å². The smallest absolute Gasteiger partial charge is 0.406 e. The summed E-state index contributed by atoms with van der Waals surface area (Å²) in [6.45, 7) is 0.962. The Kier molecular flexibility index (Phi) is 2.41. The van der Waals surface area contributed by atoms with E-state index in [0.29, 0.717) is 0 Å². The van der Waals surface area contributed by atoms with Crippen LogP contribution in [-0.2, 0) is 4.79 Å². The first-order chi connectivity index (χ1) is 4.92. The van der Waals surface area contributed by atoms with E-state index in [-0.39, 0.29) is 0 Å². The fourth-order valence-corrected chi connectivity index (χ4v) is 0.343. The first kappa shape index (κ1) is 9.23. The summed E-state index contributed by atoms with van der Waals surface area (Å²) in [6.07, 6.45) is -1.54. The molecule has 0 aromatic carbocycles. The summed E-state index contributed by atoms with van der Waals surface area (Å²) in [5, 5.41) is 26.2. The topological polar surface area (TPSA) is 110 Å². The molecular weight excluding hydrogens is 152 g/mol. The lowest BCUT2D eigenvalue weighted by Gasteiger charge is -2.14. The Morgan fingerprint density at radius 3 is 2.09 bits per heavy atom. The van der Waals surface area contributed by atoms with Crippen molar-refractivity contribution in [2.75, 3.05) is 0 Å². The molecule has 0 radical (unpaired) electrons. The van der Waals surface area contributed by atoms with Gasteiger partial charge in [-0.2, -0.15) is 5.26 Å². The predicted octanol–water partition coefficient (Wildman–Crippen LogP) is -0.379. The zero-order chi connectivity index (χ0) is 9.07. The molecule has 11 heavy (non-hydrogen) atoms.